The third kappa shape index (κ3) is 4.05. The fourth-order valence-corrected chi connectivity index (χ4v) is 2.63. The number of methoxy groups -OCH3 is 3. The lowest BCUT2D eigenvalue weighted by Crippen LogP contribution is -2.39. The number of hydrogen-bond donors (Lipinski definition) is 1. The molecule has 0 aliphatic rings. The second-order valence-corrected chi connectivity index (χ2v) is 6.21. The summed E-state index contributed by atoms with van der Waals surface area (Å²) >= 11 is 0. The van der Waals surface area contributed by atoms with Gasteiger partial charge in [0, 0.05) is 6.54 Å². The predicted molar refractivity (Wildman–Crippen MR) is 97.4 cm³/mol. The van der Waals surface area contributed by atoms with Crippen molar-refractivity contribution >= 4 is 5.91 Å². The maximum Gasteiger partial charge on any atom is 0.230 e. The molecule has 2 aromatic carbocycles. The molecule has 0 bridgehead atoms. The molecular formula is C20H25NO4. The van der Waals surface area contributed by atoms with Crippen LogP contribution >= 0.6 is 0 Å². The first-order valence-electron chi connectivity index (χ1n) is 8.06. The molecule has 1 amide bonds. The molecule has 0 aliphatic carbocycles. The topological polar surface area (TPSA) is 56.8 Å². The Morgan fingerprint density at radius 3 is 2.00 bits per heavy atom. The standard InChI is InChI=1S/C20H25NO4/c1-20(2,15-9-7-6-8-10-15)19(22)21-13-14-11-16(23-3)18(25-5)17(12-14)24-4/h6-12H,13H2,1-5H3,(H,21,22). The van der Waals surface area contributed by atoms with Gasteiger partial charge in [0.25, 0.3) is 0 Å². The molecule has 25 heavy (non-hydrogen) atoms. The normalized spacial score (nSPS) is 10.9. The van der Waals surface area contributed by atoms with Crippen LogP contribution in [-0.2, 0) is 16.8 Å². The summed E-state index contributed by atoms with van der Waals surface area (Å²) in [6.07, 6.45) is 0. The molecular weight excluding hydrogens is 318 g/mol. The summed E-state index contributed by atoms with van der Waals surface area (Å²) in [6.45, 7) is 4.19. The van der Waals surface area contributed by atoms with Crippen molar-refractivity contribution in [3.63, 3.8) is 0 Å². The van der Waals surface area contributed by atoms with Crippen molar-refractivity contribution in [1.29, 1.82) is 0 Å². The number of ether oxygens (including phenoxy) is 3. The van der Waals surface area contributed by atoms with Crippen molar-refractivity contribution in [3.05, 3.63) is 53.6 Å². The molecule has 1 N–H and O–H groups in total. The van der Waals surface area contributed by atoms with Gasteiger partial charge in [-0.3, -0.25) is 4.79 Å². The van der Waals surface area contributed by atoms with Crippen molar-refractivity contribution in [3.8, 4) is 17.2 Å². The van der Waals surface area contributed by atoms with Crippen LogP contribution < -0.4 is 19.5 Å². The van der Waals surface area contributed by atoms with Crippen LogP contribution in [0.1, 0.15) is 25.0 Å². The molecule has 5 nitrogen and oxygen atoms in total. The van der Waals surface area contributed by atoms with Crippen LogP contribution in [0.2, 0.25) is 0 Å². The van der Waals surface area contributed by atoms with Gasteiger partial charge in [0.15, 0.2) is 11.5 Å². The number of benzene rings is 2. The third-order valence-electron chi connectivity index (χ3n) is 4.24. The van der Waals surface area contributed by atoms with Gasteiger partial charge in [-0.25, -0.2) is 0 Å². The molecule has 2 aromatic rings. The number of rotatable bonds is 7. The van der Waals surface area contributed by atoms with Gasteiger partial charge in [-0.15, -0.1) is 0 Å². The van der Waals surface area contributed by atoms with Gasteiger partial charge in [-0.05, 0) is 37.1 Å². The molecule has 0 saturated carbocycles. The summed E-state index contributed by atoms with van der Waals surface area (Å²) in [5.74, 6) is 1.61. The second kappa shape index (κ2) is 7.92. The minimum Gasteiger partial charge on any atom is -0.493 e. The molecule has 5 heteroatoms. The van der Waals surface area contributed by atoms with Gasteiger partial charge in [-0.2, -0.15) is 0 Å². The summed E-state index contributed by atoms with van der Waals surface area (Å²) in [7, 11) is 4.69. The number of hydrogen-bond acceptors (Lipinski definition) is 4. The molecule has 0 aliphatic heterocycles. The molecule has 2 rings (SSSR count). The van der Waals surface area contributed by atoms with Crippen molar-refractivity contribution in [2.75, 3.05) is 21.3 Å². The zero-order chi connectivity index (χ0) is 18.4. The highest BCUT2D eigenvalue weighted by Crippen LogP contribution is 2.38. The van der Waals surface area contributed by atoms with Crippen LogP contribution in [-0.4, -0.2) is 27.2 Å². The van der Waals surface area contributed by atoms with Gasteiger partial charge in [-0.1, -0.05) is 30.3 Å². The van der Waals surface area contributed by atoms with E-state index in [0.29, 0.717) is 23.8 Å². The highest BCUT2D eigenvalue weighted by molar-refractivity contribution is 5.87. The lowest BCUT2D eigenvalue weighted by atomic mass is 9.84. The summed E-state index contributed by atoms with van der Waals surface area (Å²) in [5.41, 5.74) is 1.21. The van der Waals surface area contributed by atoms with Gasteiger partial charge < -0.3 is 19.5 Å². The lowest BCUT2D eigenvalue weighted by Gasteiger charge is -2.24. The van der Waals surface area contributed by atoms with E-state index in [4.69, 9.17) is 14.2 Å². The van der Waals surface area contributed by atoms with Gasteiger partial charge >= 0.3 is 0 Å². The quantitative estimate of drug-likeness (QED) is 0.838. The number of nitrogens with one attached hydrogen (secondary N) is 1. The first kappa shape index (κ1) is 18.6. The molecule has 0 unspecified atom stereocenters. The molecule has 0 heterocycles. The van der Waals surface area contributed by atoms with E-state index in [0.717, 1.165) is 11.1 Å². The van der Waals surface area contributed by atoms with Crippen molar-refractivity contribution < 1.29 is 19.0 Å². The number of amides is 1. The zero-order valence-electron chi connectivity index (χ0n) is 15.4. The largest absolute Gasteiger partial charge is 0.493 e. The SMILES string of the molecule is COc1cc(CNC(=O)C(C)(C)c2ccccc2)cc(OC)c1OC. The minimum absolute atomic E-state index is 0.0487. The summed E-state index contributed by atoms with van der Waals surface area (Å²) in [6, 6.07) is 13.4. The van der Waals surface area contributed by atoms with E-state index >= 15 is 0 Å². The third-order valence-corrected chi connectivity index (χ3v) is 4.24. The maximum atomic E-state index is 12.7. The lowest BCUT2D eigenvalue weighted by molar-refractivity contribution is -0.125. The summed E-state index contributed by atoms with van der Waals surface area (Å²) in [4.78, 5) is 12.7. The fourth-order valence-electron chi connectivity index (χ4n) is 2.63. The minimum atomic E-state index is -0.623. The Labute approximate surface area is 148 Å². The van der Waals surface area contributed by atoms with Gasteiger partial charge in [0.05, 0.1) is 26.7 Å². The van der Waals surface area contributed by atoms with E-state index in [9.17, 15) is 4.79 Å². The average Bonchev–Trinajstić information content (AvgIpc) is 2.65. The van der Waals surface area contributed by atoms with E-state index in [1.807, 2.05) is 56.3 Å². The Morgan fingerprint density at radius 1 is 0.960 bits per heavy atom. The highest BCUT2D eigenvalue weighted by atomic mass is 16.5. The van der Waals surface area contributed by atoms with Gasteiger partial charge in [0.2, 0.25) is 11.7 Å². The monoisotopic (exact) mass is 343 g/mol. The number of carbonyl (C=O) groups excluding carboxylic acids is 1. The summed E-state index contributed by atoms with van der Waals surface area (Å²) < 4.78 is 16.0. The Balaban J connectivity index is 2.17. The number of carbonyl (C=O) groups is 1. The van der Waals surface area contributed by atoms with E-state index in [1.165, 1.54) is 0 Å². The maximum absolute atomic E-state index is 12.7. The van der Waals surface area contributed by atoms with Crippen LogP contribution in [0.5, 0.6) is 17.2 Å². The Morgan fingerprint density at radius 2 is 1.52 bits per heavy atom. The predicted octanol–water partition coefficient (Wildman–Crippen LogP) is 3.31. The van der Waals surface area contributed by atoms with Crippen molar-refractivity contribution in [2.45, 2.75) is 25.8 Å². The molecule has 0 radical (unpaired) electrons. The van der Waals surface area contributed by atoms with Crippen LogP contribution in [0.4, 0.5) is 0 Å². The van der Waals surface area contributed by atoms with Crippen LogP contribution in [0.3, 0.4) is 0 Å². The molecule has 0 aromatic heterocycles. The van der Waals surface area contributed by atoms with Crippen LogP contribution in [0.15, 0.2) is 42.5 Å². The second-order valence-electron chi connectivity index (χ2n) is 6.21. The molecule has 0 spiro atoms. The van der Waals surface area contributed by atoms with Crippen LogP contribution in [0.25, 0.3) is 0 Å². The van der Waals surface area contributed by atoms with Crippen molar-refractivity contribution in [1.82, 2.24) is 5.32 Å². The van der Waals surface area contributed by atoms with Crippen molar-refractivity contribution in [2.24, 2.45) is 0 Å². The Bertz CT molecular complexity index is 701. The molecule has 134 valence electrons. The Kier molecular flexibility index (Phi) is 5.91. The molecule has 0 saturated heterocycles. The highest BCUT2D eigenvalue weighted by Gasteiger charge is 2.29. The smallest absolute Gasteiger partial charge is 0.230 e. The molecule has 0 fully saturated rings. The van der Waals surface area contributed by atoms with E-state index < -0.39 is 5.41 Å². The van der Waals surface area contributed by atoms with E-state index in [1.54, 1.807) is 21.3 Å². The fraction of sp³-hybridized carbons (Fsp3) is 0.350. The van der Waals surface area contributed by atoms with Crippen LogP contribution in [0, 0.1) is 0 Å². The molecule has 0 atom stereocenters. The average molecular weight is 343 g/mol. The van der Waals surface area contributed by atoms with E-state index in [-0.39, 0.29) is 5.91 Å². The summed E-state index contributed by atoms with van der Waals surface area (Å²) in [5, 5.41) is 2.99. The first-order chi connectivity index (χ1) is 11.9. The zero-order valence-corrected chi connectivity index (χ0v) is 15.4. The van der Waals surface area contributed by atoms with E-state index in [2.05, 4.69) is 5.32 Å². The first-order valence-corrected chi connectivity index (χ1v) is 8.06. The Hall–Kier alpha value is -2.69. The van der Waals surface area contributed by atoms with Gasteiger partial charge in [0.1, 0.15) is 0 Å².